The Labute approximate surface area is 91.2 Å². The van der Waals surface area contributed by atoms with Crippen LogP contribution >= 0.6 is 0 Å². The number of rotatable bonds is 1. The van der Waals surface area contributed by atoms with Gasteiger partial charge >= 0.3 is 0 Å². The maximum absolute atomic E-state index is 5.68. The predicted molar refractivity (Wildman–Crippen MR) is 60.6 cm³/mol. The summed E-state index contributed by atoms with van der Waals surface area (Å²) in [6, 6.07) is 6.13. The zero-order valence-electron chi connectivity index (χ0n) is 9.67. The van der Waals surface area contributed by atoms with Crippen molar-refractivity contribution in [1.29, 1.82) is 0 Å². The van der Waals surface area contributed by atoms with Gasteiger partial charge in [-0.05, 0) is 23.5 Å². The van der Waals surface area contributed by atoms with E-state index in [1.54, 1.807) is 0 Å². The molecular formula is C13H18O2. The molecule has 0 unspecified atom stereocenters. The number of benzene rings is 1. The van der Waals surface area contributed by atoms with E-state index in [2.05, 4.69) is 26.8 Å². The SMILES string of the molecule is CC(C)(C)Cc1cccc2c1OCCO2. The molecule has 0 fully saturated rings. The summed E-state index contributed by atoms with van der Waals surface area (Å²) in [6.07, 6.45) is 1.01. The lowest BCUT2D eigenvalue weighted by atomic mass is 9.87. The molecule has 0 N–H and O–H groups in total. The molecular weight excluding hydrogens is 188 g/mol. The van der Waals surface area contributed by atoms with Crippen LogP contribution in [0.1, 0.15) is 26.3 Å². The highest BCUT2D eigenvalue weighted by atomic mass is 16.6. The maximum Gasteiger partial charge on any atom is 0.164 e. The van der Waals surface area contributed by atoms with Gasteiger partial charge < -0.3 is 9.47 Å². The number of hydrogen-bond acceptors (Lipinski definition) is 2. The lowest BCUT2D eigenvalue weighted by Gasteiger charge is -2.24. The summed E-state index contributed by atoms with van der Waals surface area (Å²) in [5, 5.41) is 0. The number of ether oxygens (including phenoxy) is 2. The predicted octanol–water partition coefficient (Wildman–Crippen LogP) is 3.05. The van der Waals surface area contributed by atoms with E-state index >= 15 is 0 Å². The Morgan fingerprint density at radius 1 is 1.13 bits per heavy atom. The van der Waals surface area contributed by atoms with E-state index in [9.17, 15) is 0 Å². The molecule has 2 heteroatoms. The molecule has 1 heterocycles. The topological polar surface area (TPSA) is 18.5 Å². The lowest BCUT2D eigenvalue weighted by molar-refractivity contribution is 0.168. The van der Waals surface area contributed by atoms with Crippen LogP contribution in [0.15, 0.2) is 18.2 Å². The molecule has 2 rings (SSSR count). The van der Waals surface area contributed by atoms with Gasteiger partial charge in [0.25, 0.3) is 0 Å². The second-order valence-corrected chi connectivity index (χ2v) is 5.18. The van der Waals surface area contributed by atoms with E-state index in [0.717, 1.165) is 17.9 Å². The lowest BCUT2D eigenvalue weighted by Crippen LogP contribution is -2.18. The molecule has 0 radical (unpaired) electrons. The molecule has 1 aliphatic heterocycles. The van der Waals surface area contributed by atoms with Crippen LogP contribution in [0.25, 0.3) is 0 Å². The molecule has 0 atom stereocenters. The van der Waals surface area contributed by atoms with Crippen molar-refractivity contribution in [3.63, 3.8) is 0 Å². The third-order valence-corrected chi connectivity index (χ3v) is 2.37. The van der Waals surface area contributed by atoms with Gasteiger partial charge in [0, 0.05) is 0 Å². The van der Waals surface area contributed by atoms with Gasteiger partial charge in [-0.25, -0.2) is 0 Å². The van der Waals surface area contributed by atoms with Crippen LogP contribution < -0.4 is 9.47 Å². The third-order valence-electron chi connectivity index (χ3n) is 2.37. The molecule has 0 saturated heterocycles. The zero-order chi connectivity index (χ0) is 10.9. The number of para-hydroxylation sites is 1. The van der Waals surface area contributed by atoms with Crippen molar-refractivity contribution in [3.05, 3.63) is 23.8 Å². The number of fused-ring (bicyclic) bond motifs is 1. The van der Waals surface area contributed by atoms with Crippen molar-refractivity contribution < 1.29 is 9.47 Å². The molecule has 15 heavy (non-hydrogen) atoms. The summed E-state index contributed by atoms with van der Waals surface area (Å²) in [5.41, 5.74) is 1.52. The minimum absolute atomic E-state index is 0.274. The van der Waals surface area contributed by atoms with Crippen LogP contribution in [-0.2, 0) is 6.42 Å². The Kier molecular flexibility index (Phi) is 2.59. The Bertz CT molecular complexity index is 350. The first-order valence-electron chi connectivity index (χ1n) is 5.44. The summed E-state index contributed by atoms with van der Waals surface area (Å²) in [5.74, 6) is 1.83. The van der Waals surface area contributed by atoms with Gasteiger partial charge in [0.05, 0.1) is 0 Å². The van der Waals surface area contributed by atoms with Crippen LogP contribution in [0.4, 0.5) is 0 Å². The second-order valence-electron chi connectivity index (χ2n) is 5.18. The zero-order valence-corrected chi connectivity index (χ0v) is 9.67. The fourth-order valence-electron chi connectivity index (χ4n) is 1.84. The summed E-state index contributed by atoms with van der Waals surface area (Å²) in [7, 11) is 0. The van der Waals surface area contributed by atoms with Crippen molar-refractivity contribution in [2.24, 2.45) is 5.41 Å². The first-order chi connectivity index (χ1) is 7.06. The average Bonchev–Trinajstić information content (AvgIpc) is 2.16. The van der Waals surface area contributed by atoms with Gasteiger partial charge in [0.1, 0.15) is 13.2 Å². The highest BCUT2D eigenvalue weighted by Crippen LogP contribution is 2.36. The van der Waals surface area contributed by atoms with Gasteiger partial charge in [-0.15, -0.1) is 0 Å². The molecule has 1 aliphatic rings. The van der Waals surface area contributed by atoms with Gasteiger partial charge in [0.2, 0.25) is 0 Å². The normalized spacial score (nSPS) is 15.1. The van der Waals surface area contributed by atoms with E-state index < -0.39 is 0 Å². The quantitative estimate of drug-likeness (QED) is 0.703. The smallest absolute Gasteiger partial charge is 0.164 e. The first kappa shape index (κ1) is 10.3. The van der Waals surface area contributed by atoms with Crippen molar-refractivity contribution in [1.82, 2.24) is 0 Å². The molecule has 0 spiro atoms. The van der Waals surface area contributed by atoms with Crippen LogP contribution in [0.5, 0.6) is 11.5 Å². The van der Waals surface area contributed by atoms with Crippen LogP contribution in [0.3, 0.4) is 0 Å². The van der Waals surface area contributed by atoms with Gasteiger partial charge in [0.15, 0.2) is 11.5 Å². The van der Waals surface area contributed by atoms with Gasteiger partial charge in [-0.2, -0.15) is 0 Å². The Morgan fingerprint density at radius 3 is 2.60 bits per heavy atom. The van der Waals surface area contributed by atoms with E-state index in [-0.39, 0.29) is 5.41 Å². The van der Waals surface area contributed by atoms with Gasteiger partial charge in [-0.1, -0.05) is 32.9 Å². The molecule has 82 valence electrons. The molecule has 0 amide bonds. The minimum Gasteiger partial charge on any atom is -0.486 e. The molecule has 1 aromatic rings. The van der Waals surface area contributed by atoms with Crippen molar-refractivity contribution in [2.75, 3.05) is 13.2 Å². The summed E-state index contributed by atoms with van der Waals surface area (Å²) >= 11 is 0. The van der Waals surface area contributed by atoms with Crippen LogP contribution in [0, 0.1) is 5.41 Å². The average molecular weight is 206 g/mol. The highest BCUT2D eigenvalue weighted by molar-refractivity contribution is 5.47. The van der Waals surface area contributed by atoms with E-state index in [4.69, 9.17) is 9.47 Å². The Balaban J connectivity index is 2.31. The third kappa shape index (κ3) is 2.44. The van der Waals surface area contributed by atoms with E-state index in [1.165, 1.54) is 5.56 Å². The number of hydrogen-bond donors (Lipinski definition) is 0. The maximum atomic E-state index is 5.68. The molecule has 1 aromatic carbocycles. The van der Waals surface area contributed by atoms with Gasteiger partial charge in [-0.3, -0.25) is 0 Å². The first-order valence-corrected chi connectivity index (χ1v) is 5.44. The molecule has 0 bridgehead atoms. The molecule has 0 aromatic heterocycles. The summed E-state index contributed by atoms with van der Waals surface area (Å²) in [4.78, 5) is 0. The fourth-order valence-corrected chi connectivity index (χ4v) is 1.84. The van der Waals surface area contributed by atoms with E-state index in [1.807, 2.05) is 12.1 Å². The highest BCUT2D eigenvalue weighted by Gasteiger charge is 2.19. The van der Waals surface area contributed by atoms with Crippen molar-refractivity contribution >= 4 is 0 Å². The van der Waals surface area contributed by atoms with E-state index in [0.29, 0.717) is 13.2 Å². The molecule has 0 saturated carbocycles. The molecule has 2 nitrogen and oxygen atoms in total. The van der Waals surface area contributed by atoms with Crippen LogP contribution in [0.2, 0.25) is 0 Å². The molecule has 0 aliphatic carbocycles. The standard InChI is InChI=1S/C13H18O2/c1-13(2,3)9-10-5-4-6-11-12(10)15-8-7-14-11/h4-6H,7-9H2,1-3H3. The minimum atomic E-state index is 0.274. The largest absolute Gasteiger partial charge is 0.486 e. The van der Waals surface area contributed by atoms with Crippen molar-refractivity contribution in [3.8, 4) is 11.5 Å². The summed E-state index contributed by atoms with van der Waals surface area (Å²) < 4.78 is 11.2. The van der Waals surface area contributed by atoms with Crippen LogP contribution in [-0.4, -0.2) is 13.2 Å². The second kappa shape index (κ2) is 3.76. The Morgan fingerprint density at radius 2 is 1.87 bits per heavy atom. The van der Waals surface area contributed by atoms with Crippen molar-refractivity contribution in [2.45, 2.75) is 27.2 Å². The monoisotopic (exact) mass is 206 g/mol. The summed E-state index contributed by atoms with van der Waals surface area (Å²) in [6.45, 7) is 8.02. The fraction of sp³-hybridized carbons (Fsp3) is 0.538. The Hall–Kier alpha value is -1.18.